The molecule has 1 amide bonds. The first-order valence-electron chi connectivity index (χ1n) is 8.14. The molecule has 2 N–H and O–H groups in total. The van der Waals surface area contributed by atoms with Crippen LogP contribution in [-0.4, -0.2) is 37.8 Å². The van der Waals surface area contributed by atoms with Crippen LogP contribution in [0.3, 0.4) is 0 Å². The SMILES string of the molecule is Cl.O=C(Nc1ccc(COC2CCCC2)cc1)C1COCCN1. The van der Waals surface area contributed by atoms with Gasteiger partial charge in [0.25, 0.3) is 0 Å². The van der Waals surface area contributed by atoms with Crippen molar-refractivity contribution >= 4 is 24.0 Å². The third-order valence-electron chi connectivity index (χ3n) is 4.25. The van der Waals surface area contributed by atoms with E-state index in [1.165, 1.54) is 25.7 Å². The number of ether oxygens (including phenoxy) is 2. The Morgan fingerprint density at radius 3 is 2.65 bits per heavy atom. The molecule has 1 aromatic rings. The molecule has 6 heteroatoms. The van der Waals surface area contributed by atoms with Gasteiger partial charge in [-0.25, -0.2) is 0 Å². The van der Waals surface area contributed by atoms with Crippen molar-refractivity contribution in [2.45, 2.75) is 44.4 Å². The second kappa shape index (κ2) is 9.23. The Morgan fingerprint density at radius 1 is 1.26 bits per heavy atom. The summed E-state index contributed by atoms with van der Waals surface area (Å²) in [7, 11) is 0. The molecule has 5 nitrogen and oxygen atoms in total. The van der Waals surface area contributed by atoms with E-state index in [9.17, 15) is 4.79 Å². The van der Waals surface area contributed by atoms with Crippen molar-refractivity contribution in [1.29, 1.82) is 0 Å². The summed E-state index contributed by atoms with van der Waals surface area (Å²) in [5, 5.41) is 6.06. The number of amides is 1. The molecule has 1 saturated heterocycles. The first-order valence-corrected chi connectivity index (χ1v) is 8.14. The highest BCUT2D eigenvalue weighted by Gasteiger charge is 2.21. The Bertz CT molecular complexity index is 483. The number of benzene rings is 1. The fourth-order valence-corrected chi connectivity index (χ4v) is 2.92. The fourth-order valence-electron chi connectivity index (χ4n) is 2.92. The molecule has 2 aliphatic rings. The zero-order valence-corrected chi connectivity index (χ0v) is 14.1. The van der Waals surface area contributed by atoms with Gasteiger partial charge in [0.15, 0.2) is 0 Å². The van der Waals surface area contributed by atoms with Crippen molar-refractivity contribution in [3.8, 4) is 0 Å². The molecule has 0 bridgehead atoms. The highest BCUT2D eigenvalue weighted by molar-refractivity contribution is 5.95. The molecule has 0 aromatic heterocycles. The summed E-state index contributed by atoms with van der Waals surface area (Å²) in [5.74, 6) is -0.0466. The fraction of sp³-hybridized carbons (Fsp3) is 0.588. The van der Waals surface area contributed by atoms with Crippen molar-refractivity contribution in [2.75, 3.05) is 25.1 Å². The second-order valence-electron chi connectivity index (χ2n) is 5.99. The van der Waals surface area contributed by atoms with Gasteiger partial charge in [0.1, 0.15) is 6.04 Å². The predicted octanol–water partition coefficient (Wildman–Crippen LogP) is 2.49. The summed E-state index contributed by atoms with van der Waals surface area (Å²) >= 11 is 0. The van der Waals surface area contributed by atoms with Crippen LogP contribution in [0.4, 0.5) is 5.69 Å². The lowest BCUT2D eigenvalue weighted by Gasteiger charge is -2.22. The molecule has 128 valence electrons. The number of carbonyl (C=O) groups excluding carboxylic acids is 1. The Labute approximate surface area is 143 Å². The zero-order valence-electron chi connectivity index (χ0n) is 13.3. The lowest BCUT2D eigenvalue weighted by Crippen LogP contribution is -2.48. The third-order valence-corrected chi connectivity index (χ3v) is 4.25. The van der Waals surface area contributed by atoms with Gasteiger partial charge < -0.3 is 20.1 Å². The zero-order chi connectivity index (χ0) is 15.2. The van der Waals surface area contributed by atoms with Gasteiger partial charge in [-0.05, 0) is 30.5 Å². The molecule has 1 aromatic carbocycles. The van der Waals surface area contributed by atoms with E-state index in [2.05, 4.69) is 10.6 Å². The third kappa shape index (κ3) is 5.46. The van der Waals surface area contributed by atoms with Crippen LogP contribution in [0.15, 0.2) is 24.3 Å². The number of halogens is 1. The summed E-state index contributed by atoms with van der Waals surface area (Å²) in [6, 6.07) is 7.60. The van der Waals surface area contributed by atoms with E-state index >= 15 is 0 Å². The Balaban J connectivity index is 0.00000192. The van der Waals surface area contributed by atoms with Crippen molar-refractivity contribution in [3.63, 3.8) is 0 Å². The number of morpholine rings is 1. The van der Waals surface area contributed by atoms with Crippen LogP contribution in [0.5, 0.6) is 0 Å². The van der Waals surface area contributed by atoms with Gasteiger partial charge in [-0.2, -0.15) is 0 Å². The minimum absolute atomic E-state index is 0. The highest BCUT2D eigenvalue weighted by Crippen LogP contribution is 2.22. The van der Waals surface area contributed by atoms with E-state index in [1.54, 1.807) is 0 Å². The van der Waals surface area contributed by atoms with E-state index in [4.69, 9.17) is 9.47 Å². The van der Waals surface area contributed by atoms with Gasteiger partial charge in [0, 0.05) is 12.2 Å². The molecule has 1 aliphatic carbocycles. The molecule has 2 fully saturated rings. The maximum Gasteiger partial charge on any atom is 0.243 e. The molecule has 23 heavy (non-hydrogen) atoms. The number of hydrogen-bond donors (Lipinski definition) is 2. The van der Waals surface area contributed by atoms with E-state index in [0.29, 0.717) is 25.9 Å². The summed E-state index contributed by atoms with van der Waals surface area (Å²) < 4.78 is 11.2. The maximum atomic E-state index is 12.1. The van der Waals surface area contributed by atoms with Crippen LogP contribution in [0.25, 0.3) is 0 Å². The van der Waals surface area contributed by atoms with Gasteiger partial charge in [-0.15, -0.1) is 12.4 Å². The standard InChI is InChI=1S/C17H24N2O3.ClH/c20-17(16-12-21-10-9-18-16)19-14-7-5-13(6-8-14)11-22-15-3-1-2-4-15;/h5-8,15-16,18H,1-4,9-12H2,(H,19,20);1H. The molecule has 1 atom stereocenters. The van der Waals surface area contributed by atoms with Gasteiger partial charge in [0.2, 0.25) is 5.91 Å². The number of carbonyl (C=O) groups is 1. The molecule has 0 radical (unpaired) electrons. The summed E-state index contributed by atoms with van der Waals surface area (Å²) in [5.41, 5.74) is 1.95. The summed E-state index contributed by atoms with van der Waals surface area (Å²) in [6.45, 7) is 2.46. The molecule has 0 spiro atoms. The second-order valence-corrected chi connectivity index (χ2v) is 5.99. The number of anilines is 1. The molecule has 1 saturated carbocycles. The molecular formula is C17H25ClN2O3. The Kier molecular flexibility index (Phi) is 7.30. The van der Waals surface area contributed by atoms with E-state index in [-0.39, 0.29) is 24.4 Å². The minimum atomic E-state index is -0.265. The van der Waals surface area contributed by atoms with Gasteiger partial charge in [0.05, 0.1) is 25.9 Å². The van der Waals surface area contributed by atoms with Crippen LogP contribution >= 0.6 is 12.4 Å². The largest absolute Gasteiger partial charge is 0.378 e. The van der Waals surface area contributed by atoms with Crippen LogP contribution in [0, 0.1) is 0 Å². The predicted molar refractivity (Wildman–Crippen MR) is 92.0 cm³/mol. The Hall–Kier alpha value is -1.14. The monoisotopic (exact) mass is 340 g/mol. The lowest BCUT2D eigenvalue weighted by atomic mass is 10.2. The van der Waals surface area contributed by atoms with Gasteiger partial charge >= 0.3 is 0 Å². The first-order chi connectivity index (χ1) is 10.8. The number of hydrogen-bond acceptors (Lipinski definition) is 4. The van der Waals surface area contributed by atoms with Crippen LogP contribution in [0.1, 0.15) is 31.2 Å². The molecular weight excluding hydrogens is 316 g/mol. The lowest BCUT2D eigenvalue weighted by molar-refractivity contribution is -0.120. The number of rotatable bonds is 5. The van der Waals surface area contributed by atoms with E-state index < -0.39 is 0 Å². The highest BCUT2D eigenvalue weighted by atomic mass is 35.5. The normalized spacial score (nSPS) is 21.7. The molecule has 1 heterocycles. The maximum absolute atomic E-state index is 12.1. The van der Waals surface area contributed by atoms with E-state index in [0.717, 1.165) is 17.8 Å². The summed E-state index contributed by atoms with van der Waals surface area (Å²) in [6.07, 6.45) is 5.37. The smallest absolute Gasteiger partial charge is 0.243 e. The average Bonchev–Trinajstić information content (AvgIpc) is 3.08. The quantitative estimate of drug-likeness (QED) is 0.864. The van der Waals surface area contributed by atoms with Crippen LogP contribution < -0.4 is 10.6 Å². The van der Waals surface area contributed by atoms with Crippen molar-refractivity contribution < 1.29 is 14.3 Å². The minimum Gasteiger partial charge on any atom is -0.378 e. The van der Waals surface area contributed by atoms with Crippen molar-refractivity contribution in [1.82, 2.24) is 5.32 Å². The Morgan fingerprint density at radius 2 is 2.00 bits per heavy atom. The van der Waals surface area contributed by atoms with Crippen LogP contribution in [0.2, 0.25) is 0 Å². The van der Waals surface area contributed by atoms with Gasteiger partial charge in [-0.1, -0.05) is 25.0 Å². The topological polar surface area (TPSA) is 59.6 Å². The average molecular weight is 341 g/mol. The first kappa shape index (κ1) is 18.2. The molecule has 1 aliphatic heterocycles. The van der Waals surface area contributed by atoms with Crippen LogP contribution in [-0.2, 0) is 20.9 Å². The molecule has 3 rings (SSSR count). The van der Waals surface area contributed by atoms with Crippen molar-refractivity contribution in [2.24, 2.45) is 0 Å². The van der Waals surface area contributed by atoms with Gasteiger partial charge in [-0.3, -0.25) is 4.79 Å². The summed E-state index contributed by atoms with van der Waals surface area (Å²) in [4.78, 5) is 12.1. The van der Waals surface area contributed by atoms with E-state index in [1.807, 2.05) is 24.3 Å². The van der Waals surface area contributed by atoms with Crippen molar-refractivity contribution in [3.05, 3.63) is 29.8 Å². The molecule has 1 unspecified atom stereocenters. The number of nitrogens with one attached hydrogen (secondary N) is 2.